The van der Waals surface area contributed by atoms with Crippen molar-refractivity contribution >= 4 is 42.7 Å². The fraction of sp³-hybridized carbons (Fsp3) is 0.500. The number of esters is 1. The minimum absolute atomic E-state index is 0.0221. The zero-order chi connectivity index (χ0) is 29.4. The van der Waals surface area contributed by atoms with Crippen molar-refractivity contribution in [1.29, 1.82) is 0 Å². The predicted octanol–water partition coefficient (Wildman–Crippen LogP) is 1.02. The number of nitrogen functional groups attached to an aromatic ring is 2. The van der Waals surface area contributed by atoms with Crippen molar-refractivity contribution in [3.63, 3.8) is 0 Å². The van der Waals surface area contributed by atoms with Gasteiger partial charge in [-0.15, -0.1) is 15.3 Å². The quantitative estimate of drug-likeness (QED) is 0.161. The summed E-state index contributed by atoms with van der Waals surface area (Å²) in [5.41, 5.74) is 9.64. The molecule has 1 aliphatic rings. The summed E-state index contributed by atoms with van der Waals surface area (Å²) in [7, 11) is -4.32. The maximum absolute atomic E-state index is 13.8. The van der Waals surface area contributed by atoms with Crippen molar-refractivity contribution in [3.8, 4) is 5.75 Å². The van der Waals surface area contributed by atoms with Gasteiger partial charge in [0.2, 0.25) is 11.6 Å². The number of hydrogen-bond acceptors (Lipinski definition) is 14. The molecule has 3 aromatic rings. The van der Waals surface area contributed by atoms with Gasteiger partial charge >= 0.3 is 13.7 Å². The molecular weight excluding hydrogens is 571 g/mol. The molecule has 1 saturated heterocycles. The van der Waals surface area contributed by atoms with Crippen LogP contribution in [-0.2, 0) is 23.4 Å². The fourth-order valence-electron chi connectivity index (χ4n) is 3.90. The smallest absolute Gasteiger partial charge is 0.459 e. The summed E-state index contributed by atoms with van der Waals surface area (Å²) >= 11 is 5.92. The van der Waals surface area contributed by atoms with Crippen LogP contribution in [0, 0.1) is 0 Å². The maximum Gasteiger partial charge on any atom is 0.459 e. The molecule has 1 aromatic carbocycles. The van der Waals surface area contributed by atoms with Gasteiger partial charge < -0.3 is 35.7 Å². The van der Waals surface area contributed by atoms with E-state index in [0.717, 1.165) is 4.52 Å². The number of carbonyl (C=O) groups excluding carboxylic acids is 1. The van der Waals surface area contributed by atoms with Crippen LogP contribution in [0.1, 0.15) is 39.6 Å². The average Bonchev–Trinajstić information content (AvgIpc) is 3.37. The third kappa shape index (κ3) is 6.28. The zero-order valence-electron chi connectivity index (χ0n) is 22.0. The van der Waals surface area contributed by atoms with Crippen molar-refractivity contribution < 1.29 is 38.1 Å². The molecule has 0 bridgehead atoms. The third-order valence-electron chi connectivity index (χ3n) is 5.86. The molecule has 40 heavy (non-hydrogen) atoms. The Balaban J connectivity index is 1.56. The number of fused-ring (bicyclic) bond motifs is 1. The topological polar surface area (TPSA) is 232 Å². The summed E-state index contributed by atoms with van der Waals surface area (Å²) < 4.78 is 37.2. The van der Waals surface area contributed by atoms with Gasteiger partial charge in [0.1, 0.15) is 29.6 Å². The van der Waals surface area contributed by atoms with E-state index in [2.05, 4.69) is 25.4 Å². The van der Waals surface area contributed by atoms with Crippen molar-refractivity contribution in [2.45, 2.75) is 63.8 Å². The first kappa shape index (κ1) is 29.9. The van der Waals surface area contributed by atoms with Crippen LogP contribution in [0.25, 0.3) is 5.65 Å². The zero-order valence-corrected chi connectivity index (χ0v) is 23.6. The SMILES string of the molecule is CC(C)OC(=O)[C@H](C)NP(=O)(OC[C@H]1O[C@@H](c2nnc3c(N)nc(N)nn23)[C@](C)(O)[C@@H]1O)Oc1ccc(Cl)cc1. The number of nitrogens with zero attached hydrogens (tertiary/aromatic N) is 5. The fourth-order valence-corrected chi connectivity index (χ4v) is 5.53. The second kappa shape index (κ2) is 11.4. The lowest BCUT2D eigenvalue weighted by atomic mass is 9.92. The van der Waals surface area contributed by atoms with E-state index in [0.29, 0.717) is 5.02 Å². The monoisotopic (exact) mass is 600 g/mol. The third-order valence-corrected chi connectivity index (χ3v) is 7.76. The Morgan fingerprint density at radius 2 is 1.95 bits per heavy atom. The first-order chi connectivity index (χ1) is 18.7. The molecule has 0 saturated carbocycles. The molecule has 18 heteroatoms. The molecule has 7 N–H and O–H groups in total. The number of hydrogen-bond donors (Lipinski definition) is 5. The Morgan fingerprint density at radius 1 is 1.27 bits per heavy atom. The molecule has 2 aromatic heterocycles. The van der Waals surface area contributed by atoms with E-state index in [-0.39, 0.29) is 29.0 Å². The molecule has 1 aliphatic heterocycles. The Morgan fingerprint density at radius 3 is 2.60 bits per heavy atom. The van der Waals surface area contributed by atoms with Gasteiger partial charge in [0.05, 0.1) is 12.7 Å². The van der Waals surface area contributed by atoms with Gasteiger partial charge in [0.25, 0.3) is 0 Å². The molecule has 1 fully saturated rings. The van der Waals surface area contributed by atoms with Gasteiger partial charge in [-0.1, -0.05) is 11.6 Å². The van der Waals surface area contributed by atoms with Crippen LogP contribution in [0.4, 0.5) is 11.8 Å². The van der Waals surface area contributed by atoms with Gasteiger partial charge in [-0.2, -0.15) is 14.6 Å². The first-order valence-electron chi connectivity index (χ1n) is 12.1. The van der Waals surface area contributed by atoms with Crippen LogP contribution in [-0.4, -0.2) is 77.5 Å². The summed E-state index contributed by atoms with van der Waals surface area (Å²) in [6.45, 7) is 5.51. The van der Waals surface area contributed by atoms with E-state index < -0.39 is 56.4 Å². The number of carbonyl (C=O) groups is 1. The number of rotatable bonds is 10. The summed E-state index contributed by atoms with van der Waals surface area (Å²) in [5.74, 6) is -0.836. The summed E-state index contributed by atoms with van der Waals surface area (Å²) in [6.07, 6.45) is -4.51. The Hall–Kier alpha value is -3.11. The molecule has 218 valence electrons. The normalized spacial score (nSPS) is 25.1. The number of aliphatic hydroxyl groups is 2. The standard InChI is InChI=1S/C22H30ClN8O8P/c1-10(2)37-20(33)11(3)30-40(35,39-13-7-5-12(23)6-8-13)36-9-14-15(32)22(4,34)16(38-14)18-27-28-19-17(24)26-21(25)29-31(18)19/h5-8,10-11,14-16,32,34H,9H2,1-4H3,(H,30,35)(H4,24,25,26,29)/t11-,14+,15+,16-,22+,40?/m0/s1. The van der Waals surface area contributed by atoms with E-state index in [4.69, 9.17) is 41.6 Å². The van der Waals surface area contributed by atoms with Gasteiger partial charge in [-0.05, 0) is 52.0 Å². The van der Waals surface area contributed by atoms with E-state index in [9.17, 15) is 19.6 Å². The number of aromatic nitrogens is 5. The van der Waals surface area contributed by atoms with Crippen LogP contribution in [0.15, 0.2) is 24.3 Å². The molecule has 0 radical (unpaired) electrons. The lowest BCUT2D eigenvalue weighted by molar-refractivity contribution is -0.149. The maximum atomic E-state index is 13.8. The second-order valence-corrected chi connectivity index (χ2v) is 11.7. The van der Waals surface area contributed by atoms with Gasteiger partial charge in [-0.25, -0.2) is 4.57 Å². The van der Waals surface area contributed by atoms with Crippen LogP contribution >= 0.6 is 19.3 Å². The molecule has 1 unspecified atom stereocenters. The number of anilines is 2. The lowest BCUT2D eigenvalue weighted by Gasteiger charge is -2.26. The molecule has 0 spiro atoms. The summed E-state index contributed by atoms with van der Waals surface area (Å²) in [5, 5.41) is 36.9. The van der Waals surface area contributed by atoms with E-state index in [1.54, 1.807) is 13.8 Å². The van der Waals surface area contributed by atoms with Crippen LogP contribution in [0.5, 0.6) is 5.75 Å². The number of halogens is 1. The summed E-state index contributed by atoms with van der Waals surface area (Å²) in [4.78, 5) is 16.2. The highest BCUT2D eigenvalue weighted by molar-refractivity contribution is 7.52. The predicted molar refractivity (Wildman–Crippen MR) is 141 cm³/mol. The number of benzene rings is 1. The highest BCUT2D eigenvalue weighted by atomic mass is 35.5. The second-order valence-electron chi connectivity index (χ2n) is 9.55. The van der Waals surface area contributed by atoms with Crippen LogP contribution in [0.2, 0.25) is 5.02 Å². The minimum Gasteiger partial charge on any atom is -0.462 e. The lowest BCUT2D eigenvalue weighted by Crippen LogP contribution is -2.44. The van der Waals surface area contributed by atoms with Gasteiger partial charge in [-0.3, -0.25) is 9.32 Å². The number of nitrogens with one attached hydrogen (secondary N) is 1. The van der Waals surface area contributed by atoms with Gasteiger partial charge in [0.15, 0.2) is 17.7 Å². The molecule has 3 heterocycles. The highest BCUT2D eigenvalue weighted by Crippen LogP contribution is 2.47. The Bertz CT molecular complexity index is 1420. The van der Waals surface area contributed by atoms with Crippen LogP contribution < -0.4 is 21.1 Å². The number of ether oxygens (including phenoxy) is 2. The largest absolute Gasteiger partial charge is 0.462 e. The van der Waals surface area contributed by atoms with E-state index in [1.165, 1.54) is 38.1 Å². The molecule has 6 atom stereocenters. The Kier molecular flexibility index (Phi) is 8.52. The van der Waals surface area contributed by atoms with Crippen molar-refractivity contribution in [3.05, 3.63) is 35.1 Å². The van der Waals surface area contributed by atoms with Gasteiger partial charge in [0, 0.05) is 5.02 Å². The average molecular weight is 601 g/mol. The van der Waals surface area contributed by atoms with Crippen molar-refractivity contribution in [1.82, 2.24) is 29.9 Å². The molecule has 4 rings (SSSR count). The van der Waals surface area contributed by atoms with Crippen molar-refractivity contribution in [2.75, 3.05) is 18.1 Å². The Labute approximate surface area is 233 Å². The van der Waals surface area contributed by atoms with E-state index >= 15 is 0 Å². The number of aliphatic hydroxyl groups excluding tert-OH is 1. The molecule has 0 aliphatic carbocycles. The first-order valence-corrected chi connectivity index (χ1v) is 14.0. The summed E-state index contributed by atoms with van der Waals surface area (Å²) in [6, 6.07) is 4.82. The van der Waals surface area contributed by atoms with E-state index in [1.807, 2.05) is 0 Å². The molecule has 16 nitrogen and oxygen atoms in total. The van der Waals surface area contributed by atoms with Crippen LogP contribution in [0.3, 0.4) is 0 Å². The van der Waals surface area contributed by atoms with Crippen molar-refractivity contribution in [2.24, 2.45) is 0 Å². The number of nitrogens with two attached hydrogens (primary N) is 2. The molecule has 0 amide bonds. The molecular formula is C22H30ClN8O8P. The highest BCUT2D eigenvalue weighted by Gasteiger charge is 2.55. The minimum atomic E-state index is -4.32.